The monoisotopic (exact) mass is 309 g/mol. The molecule has 0 saturated heterocycles. The van der Waals surface area contributed by atoms with Crippen LogP contribution in [0.1, 0.15) is 0 Å². The Morgan fingerprint density at radius 3 is 1.43 bits per heavy atom. The van der Waals surface area contributed by atoms with Gasteiger partial charge in [-0.25, -0.2) is 4.79 Å². The Balaban J connectivity index is -0.000000240. The first-order valence-corrected chi connectivity index (χ1v) is 4.87. The van der Waals surface area contributed by atoms with Crippen molar-refractivity contribution in [2.75, 3.05) is 13.1 Å². The summed E-state index contributed by atoms with van der Waals surface area (Å²) in [5, 5.41) is 18.9. The van der Waals surface area contributed by atoms with E-state index in [9.17, 15) is 24.0 Å². The van der Waals surface area contributed by atoms with Gasteiger partial charge in [-0.15, -0.1) is 0 Å². The first-order valence-electron chi connectivity index (χ1n) is 4.87. The van der Waals surface area contributed by atoms with E-state index in [1.165, 1.54) is 0 Å². The summed E-state index contributed by atoms with van der Waals surface area (Å²) in [5.74, 6) is -7.92. The maximum atomic E-state index is 10.3. The predicted molar refractivity (Wildman–Crippen MR) is 61.0 cm³/mol. The molecule has 13 nitrogen and oxygen atoms in total. The average Bonchev–Trinajstić information content (AvgIpc) is 2.36. The second-order valence-corrected chi connectivity index (χ2v) is 2.79. The second kappa shape index (κ2) is 13.2. The molecule has 11 N–H and O–H groups in total. The van der Waals surface area contributed by atoms with Gasteiger partial charge in [-0.05, 0) is 0 Å². The summed E-state index contributed by atoms with van der Waals surface area (Å²) < 4.78 is 0. The Morgan fingerprint density at radius 1 is 0.952 bits per heavy atom. The fourth-order valence-corrected chi connectivity index (χ4v) is 0.289. The first kappa shape index (κ1) is 22.9. The Hall–Kier alpha value is -3.22. The molecule has 13 heteroatoms. The Labute approximate surface area is 117 Å². The van der Waals surface area contributed by atoms with Gasteiger partial charge in [0.15, 0.2) is 0 Å². The summed E-state index contributed by atoms with van der Waals surface area (Å²) in [5.41, 5.74) is 16.4. The topological polar surface area (TPSA) is 263 Å². The van der Waals surface area contributed by atoms with E-state index in [-0.39, 0.29) is 0 Å². The van der Waals surface area contributed by atoms with Gasteiger partial charge in [-0.3, -0.25) is 19.2 Å². The minimum atomic E-state index is -1.85. The Kier molecular flexibility index (Phi) is 14.4. The molecule has 0 aliphatic carbocycles. The molecule has 0 spiro atoms. The van der Waals surface area contributed by atoms with Crippen LogP contribution in [-0.4, -0.2) is 53.8 Å². The quantitative estimate of drug-likeness (QED) is 0.266. The van der Waals surface area contributed by atoms with Crippen LogP contribution < -0.4 is 33.4 Å². The fourth-order valence-electron chi connectivity index (χ4n) is 0.289. The zero-order valence-electron chi connectivity index (χ0n) is 10.7. The zero-order chi connectivity index (χ0) is 17.6. The number of carboxylic acid groups (broad SMARTS) is 2. The van der Waals surface area contributed by atoms with Gasteiger partial charge >= 0.3 is 23.7 Å². The van der Waals surface area contributed by atoms with E-state index >= 15 is 0 Å². The largest absolute Gasteiger partial charge is 0.540 e. The third kappa shape index (κ3) is 22.4. The summed E-state index contributed by atoms with van der Waals surface area (Å²) in [6.07, 6.45) is 0. The number of nitrogens with one attached hydrogen (secondary N) is 1. The van der Waals surface area contributed by atoms with Crippen LogP contribution in [0.3, 0.4) is 0 Å². The van der Waals surface area contributed by atoms with Crippen LogP contribution in [0.15, 0.2) is 0 Å². The SMILES string of the molecule is NC(=O)C(=O)NCC[NH3+].NC(=O)C(=O)O.NC(=O)C(=O)[O-]. The summed E-state index contributed by atoms with van der Waals surface area (Å²) in [6.45, 7) is 0.945. The van der Waals surface area contributed by atoms with Crippen LogP contribution >= 0.6 is 0 Å². The predicted octanol–water partition coefficient (Wildman–Crippen LogP) is -7.39. The minimum Gasteiger partial charge on any atom is -0.540 e. The highest BCUT2D eigenvalue weighted by atomic mass is 16.4. The lowest BCUT2D eigenvalue weighted by Crippen LogP contribution is -2.55. The van der Waals surface area contributed by atoms with E-state index in [1.807, 2.05) is 0 Å². The number of hydrogen-bond acceptors (Lipinski definition) is 7. The van der Waals surface area contributed by atoms with Crippen LogP contribution in [0.4, 0.5) is 0 Å². The molecule has 0 rings (SSSR count). The van der Waals surface area contributed by atoms with E-state index in [4.69, 9.17) is 15.0 Å². The number of primary amides is 3. The standard InChI is InChI=1S/C4H9N3O2.2C2H3NO3/c5-1-2-7-4(9)3(6)8;2*3-1(4)2(5)6/h1-2,5H2,(H2,6,8)(H,7,9);2*(H2,3,4)(H,5,6). The minimum absolute atomic E-state index is 0.391. The van der Waals surface area contributed by atoms with Crippen LogP contribution in [-0.2, 0) is 28.8 Å². The smallest absolute Gasteiger partial charge is 0.394 e. The molecule has 0 fully saturated rings. The molecule has 0 aromatic rings. The summed E-state index contributed by atoms with van der Waals surface area (Å²) in [6, 6.07) is 0. The summed E-state index contributed by atoms with van der Waals surface area (Å²) >= 11 is 0. The molecule has 0 heterocycles. The number of carbonyl (C=O) groups excluding carboxylic acids is 5. The van der Waals surface area contributed by atoms with E-state index in [2.05, 4.69) is 28.3 Å². The molecule has 120 valence electrons. The van der Waals surface area contributed by atoms with Gasteiger partial charge in [0.05, 0.1) is 13.1 Å². The highest BCUT2D eigenvalue weighted by Gasteiger charge is 2.05. The van der Waals surface area contributed by atoms with Crippen molar-refractivity contribution in [3.05, 3.63) is 0 Å². The molecule has 0 aliphatic rings. The normalized spacial score (nSPS) is 7.86. The first-order chi connectivity index (χ1) is 9.47. The highest BCUT2D eigenvalue weighted by molar-refractivity contribution is 6.34. The molecular formula is C8H15N5O8. The summed E-state index contributed by atoms with van der Waals surface area (Å²) in [4.78, 5) is 57.2. The number of carboxylic acids is 2. The lowest BCUT2D eigenvalue weighted by Gasteiger charge is -1.94. The van der Waals surface area contributed by atoms with Gasteiger partial charge in [-0.2, -0.15) is 0 Å². The van der Waals surface area contributed by atoms with Crippen molar-refractivity contribution in [2.24, 2.45) is 17.2 Å². The summed E-state index contributed by atoms with van der Waals surface area (Å²) in [7, 11) is 0. The fraction of sp³-hybridized carbons (Fsp3) is 0.250. The van der Waals surface area contributed by atoms with Crippen LogP contribution in [0.2, 0.25) is 0 Å². The number of nitrogens with two attached hydrogens (primary N) is 3. The molecular weight excluding hydrogens is 294 g/mol. The lowest BCUT2D eigenvalue weighted by atomic mass is 10.5. The molecule has 4 amide bonds. The zero-order valence-corrected chi connectivity index (χ0v) is 10.7. The maximum Gasteiger partial charge on any atom is 0.394 e. The van der Waals surface area contributed by atoms with E-state index < -0.39 is 35.6 Å². The van der Waals surface area contributed by atoms with Crippen molar-refractivity contribution in [1.82, 2.24) is 5.32 Å². The number of carbonyl (C=O) groups is 6. The molecule has 0 aromatic heterocycles. The molecule has 0 saturated carbocycles. The molecule has 0 unspecified atom stereocenters. The molecule has 0 atom stereocenters. The number of hydrogen-bond donors (Lipinski definition) is 6. The van der Waals surface area contributed by atoms with Crippen molar-refractivity contribution in [2.45, 2.75) is 0 Å². The number of aliphatic carboxylic acids is 2. The maximum absolute atomic E-state index is 10.3. The van der Waals surface area contributed by atoms with Crippen molar-refractivity contribution >= 4 is 35.6 Å². The second-order valence-electron chi connectivity index (χ2n) is 2.79. The van der Waals surface area contributed by atoms with Crippen molar-refractivity contribution < 1.29 is 44.7 Å². The van der Waals surface area contributed by atoms with E-state index in [0.717, 1.165) is 0 Å². The molecule has 0 aromatic carbocycles. The van der Waals surface area contributed by atoms with Crippen molar-refractivity contribution in [1.29, 1.82) is 0 Å². The van der Waals surface area contributed by atoms with Crippen molar-refractivity contribution in [3.8, 4) is 0 Å². The number of quaternary nitrogens is 1. The third-order valence-corrected chi connectivity index (χ3v) is 1.10. The van der Waals surface area contributed by atoms with Crippen molar-refractivity contribution in [3.63, 3.8) is 0 Å². The third-order valence-electron chi connectivity index (χ3n) is 1.10. The van der Waals surface area contributed by atoms with Gasteiger partial charge in [0.2, 0.25) is 0 Å². The van der Waals surface area contributed by atoms with Crippen LogP contribution in [0.25, 0.3) is 0 Å². The van der Waals surface area contributed by atoms with E-state index in [0.29, 0.717) is 13.1 Å². The molecule has 0 radical (unpaired) electrons. The van der Waals surface area contributed by atoms with Crippen LogP contribution in [0.5, 0.6) is 0 Å². The van der Waals surface area contributed by atoms with Gasteiger partial charge < -0.3 is 43.3 Å². The highest BCUT2D eigenvalue weighted by Crippen LogP contribution is 1.58. The van der Waals surface area contributed by atoms with Crippen LogP contribution in [0, 0.1) is 0 Å². The lowest BCUT2D eigenvalue weighted by molar-refractivity contribution is -0.364. The molecule has 0 aliphatic heterocycles. The average molecular weight is 309 g/mol. The Bertz CT molecular complexity index is 373. The number of amides is 4. The van der Waals surface area contributed by atoms with Gasteiger partial charge in [-0.1, -0.05) is 0 Å². The molecule has 0 bridgehead atoms. The Morgan fingerprint density at radius 2 is 1.29 bits per heavy atom. The van der Waals surface area contributed by atoms with Gasteiger partial charge in [0.1, 0.15) is 5.97 Å². The van der Waals surface area contributed by atoms with Gasteiger partial charge in [0.25, 0.3) is 5.91 Å². The van der Waals surface area contributed by atoms with Gasteiger partial charge in [0, 0.05) is 0 Å². The molecule has 21 heavy (non-hydrogen) atoms. The van der Waals surface area contributed by atoms with E-state index in [1.54, 1.807) is 0 Å². The number of rotatable bonds is 2.